The van der Waals surface area contributed by atoms with Crippen LogP contribution in [0.4, 0.5) is 5.69 Å². The highest BCUT2D eigenvalue weighted by atomic mass is 32.2. The van der Waals surface area contributed by atoms with Gasteiger partial charge in [0.25, 0.3) is 0 Å². The van der Waals surface area contributed by atoms with Gasteiger partial charge in [-0.25, -0.2) is 0 Å². The maximum Gasteiger partial charge on any atom is 0.234 e. The first-order valence-electron chi connectivity index (χ1n) is 9.70. The summed E-state index contributed by atoms with van der Waals surface area (Å²) in [7, 11) is 1.87. The Bertz CT molecular complexity index is 1000. The monoisotopic (exact) mass is 426 g/mol. The average molecular weight is 427 g/mol. The molecule has 0 aliphatic rings. The number of carbonyl (C=O) groups is 1. The Morgan fingerprint density at radius 3 is 2.60 bits per heavy atom. The van der Waals surface area contributed by atoms with Crippen LogP contribution in [0, 0.1) is 13.8 Å². The van der Waals surface area contributed by atoms with Crippen molar-refractivity contribution in [2.24, 2.45) is 7.05 Å². The number of hydrogen-bond acceptors (Lipinski definition) is 6. The van der Waals surface area contributed by atoms with Crippen LogP contribution in [-0.2, 0) is 18.4 Å². The molecule has 158 valence electrons. The molecule has 1 heterocycles. The van der Waals surface area contributed by atoms with E-state index in [9.17, 15) is 4.79 Å². The molecule has 1 N–H and O–H groups in total. The molecular formula is C22H26N4O3S. The molecule has 0 bridgehead atoms. The SMILES string of the molecule is CCOc1ccc(NC(=O)CSc2nnc(COc3cc(C)ccc3C)n2C)cc1. The van der Waals surface area contributed by atoms with Gasteiger partial charge in [-0.15, -0.1) is 10.2 Å². The number of aromatic nitrogens is 3. The number of ether oxygens (including phenoxy) is 2. The molecule has 0 saturated heterocycles. The minimum Gasteiger partial charge on any atom is -0.494 e. The Morgan fingerprint density at radius 2 is 1.87 bits per heavy atom. The van der Waals surface area contributed by atoms with Crippen molar-refractivity contribution in [3.63, 3.8) is 0 Å². The number of anilines is 1. The topological polar surface area (TPSA) is 78.3 Å². The van der Waals surface area contributed by atoms with Gasteiger partial charge in [-0.2, -0.15) is 0 Å². The first-order valence-corrected chi connectivity index (χ1v) is 10.7. The van der Waals surface area contributed by atoms with E-state index in [4.69, 9.17) is 9.47 Å². The summed E-state index contributed by atoms with van der Waals surface area (Å²) in [4.78, 5) is 12.2. The summed E-state index contributed by atoms with van der Waals surface area (Å²) in [6.45, 7) is 6.89. The molecule has 0 spiro atoms. The second-order valence-corrected chi connectivity index (χ2v) is 7.75. The van der Waals surface area contributed by atoms with Gasteiger partial charge >= 0.3 is 0 Å². The van der Waals surface area contributed by atoms with Crippen molar-refractivity contribution in [2.75, 3.05) is 17.7 Å². The molecule has 0 unspecified atom stereocenters. The van der Waals surface area contributed by atoms with E-state index in [1.165, 1.54) is 11.8 Å². The number of amides is 1. The molecule has 0 fully saturated rings. The number of rotatable bonds is 9. The first kappa shape index (κ1) is 21.7. The lowest BCUT2D eigenvalue weighted by Crippen LogP contribution is -2.14. The number of aryl methyl sites for hydroxylation is 2. The van der Waals surface area contributed by atoms with Gasteiger partial charge in [-0.1, -0.05) is 23.9 Å². The normalized spacial score (nSPS) is 10.7. The van der Waals surface area contributed by atoms with E-state index in [1.807, 2.05) is 68.8 Å². The first-order chi connectivity index (χ1) is 14.5. The predicted molar refractivity (Wildman–Crippen MR) is 118 cm³/mol. The highest BCUT2D eigenvalue weighted by Gasteiger charge is 2.13. The molecule has 0 aliphatic heterocycles. The number of thioether (sulfide) groups is 1. The van der Waals surface area contributed by atoms with Crippen LogP contribution in [0.1, 0.15) is 23.9 Å². The van der Waals surface area contributed by atoms with E-state index in [1.54, 1.807) is 0 Å². The third kappa shape index (κ3) is 5.76. The fourth-order valence-corrected chi connectivity index (χ4v) is 3.46. The summed E-state index contributed by atoms with van der Waals surface area (Å²) in [6.07, 6.45) is 0. The molecule has 2 aromatic carbocycles. The van der Waals surface area contributed by atoms with Crippen molar-refractivity contribution in [2.45, 2.75) is 32.5 Å². The van der Waals surface area contributed by atoms with Gasteiger partial charge in [-0.3, -0.25) is 4.79 Å². The molecular weight excluding hydrogens is 400 g/mol. The van der Waals surface area contributed by atoms with Gasteiger partial charge in [0.05, 0.1) is 12.4 Å². The van der Waals surface area contributed by atoms with Crippen molar-refractivity contribution in [3.8, 4) is 11.5 Å². The van der Waals surface area contributed by atoms with Gasteiger partial charge in [0.1, 0.15) is 18.1 Å². The van der Waals surface area contributed by atoms with Crippen LogP contribution in [0.3, 0.4) is 0 Å². The quantitative estimate of drug-likeness (QED) is 0.518. The lowest BCUT2D eigenvalue weighted by Gasteiger charge is -2.10. The largest absolute Gasteiger partial charge is 0.494 e. The second-order valence-electron chi connectivity index (χ2n) is 6.81. The van der Waals surface area contributed by atoms with Gasteiger partial charge in [0, 0.05) is 12.7 Å². The maximum absolute atomic E-state index is 12.2. The maximum atomic E-state index is 12.2. The summed E-state index contributed by atoms with van der Waals surface area (Å²) in [6, 6.07) is 13.4. The molecule has 0 saturated carbocycles. The smallest absolute Gasteiger partial charge is 0.234 e. The zero-order chi connectivity index (χ0) is 21.5. The lowest BCUT2D eigenvalue weighted by molar-refractivity contribution is -0.113. The van der Waals surface area contributed by atoms with Crippen LogP contribution in [-0.4, -0.2) is 33.0 Å². The molecule has 1 amide bonds. The zero-order valence-electron chi connectivity index (χ0n) is 17.6. The summed E-state index contributed by atoms with van der Waals surface area (Å²) < 4.78 is 13.2. The van der Waals surface area contributed by atoms with Gasteiger partial charge in [0.2, 0.25) is 5.91 Å². The molecule has 8 heteroatoms. The van der Waals surface area contributed by atoms with Crippen LogP contribution in [0.2, 0.25) is 0 Å². The Morgan fingerprint density at radius 1 is 1.10 bits per heavy atom. The molecule has 30 heavy (non-hydrogen) atoms. The van der Waals surface area contributed by atoms with Crippen LogP contribution < -0.4 is 14.8 Å². The third-order valence-corrected chi connectivity index (χ3v) is 5.43. The molecule has 3 rings (SSSR count). The highest BCUT2D eigenvalue weighted by Crippen LogP contribution is 2.22. The molecule has 7 nitrogen and oxygen atoms in total. The Kier molecular flexibility index (Phi) is 7.35. The number of hydrogen-bond donors (Lipinski definition) is 1. The molecule has 1 aromatic heterocycles. The average Bonchev–Trinajstić information content (AvgIpc) is 3.08. The summed E-state index contributed by atoms with van der Waals surface area (Å²) >= 11 is 1.33. The summed E-state index contributed by atoms with van der Waals surface area (Å²) in [5.41, 5.74) is 2.94. The summed E-state index contributed by atoms with van der Waals surface area (Å²) in [5.74, 6) is 2.43. The van der Waals surface area contributed by atoms with Crippen molar-refractivity contribution >= 4 is 23.4 Å². The van der Waals surface area contributed by atoms with Crippen molar-refractivity contribution in [1.82, 2.24) is 14.8 Å². The fourth-order valence-electron chi connectivity index (χ4n) is 2.73. The van der Waals surface area contributed by atoms with Gasteiger partial charge < -0.3 is 19.4 Å². The number of benzene rings is 2. The van der Waals surface area contributed by atoms with E-state index in [-0.39, 0.29) is 11.7 Å². The predicted octanol–water partition coefficient (Wildman–Crippen LogP) is 4.14. The van der Waals surface area contributed by atoms with E-state index in [2.05, 4.69) is 21.6 Å². The second kappa shape index (κ2) is 10.2. The van der Waals surface area contributed by atoms with Crippen LogP contribution >= 0.6 is 11.8 Å². The summed E-state index contributed by atoms with van der Waals surface area (Å²) in [5, 5.41) is 11.9. The van der Waals surface area contributed by atoms with Gasteiger partial charge in [0.15, 0.2) is 11.0 Å². The molecule has 0 radical (unpaired) electrons. The standard InChI is InChI=1S/C22H26N4O3S/c1-5-28-18-10-8-17(9-11-18)23-21(27)14-30-22-25-24-20(26(22)4)13-29-19-12-15(2)6-7-16(19)3/h6-12H,5,13-14H2,1-4H3,(H,23,27). The highest BCUT2D eigenvalue weighted by molar-refractivity contribution is 7.99. The Hall–Kier alpha value is -3.00. The minimum atomic E-state index is -0.111. The number of nitrogens with zero attached hydrogens (tertiary/aromatic N) is 3. The van der Waals surface area contributed by atoms with E-state index < -0.39 is 0 Å². The van der Waals surface area contributed by atoms with Crippen molar-refractivity contribution in [3.05, 3.63) is 59.4 Å². The number of carbonyl (C=O) groups excluding carboxylic acids is 1. The Labute approximate surface area is 180 Å². The molecule has 0 atom stereocenters. The zero-order valence-corrected chi connectivity index (χ0v) is 18.5. The number of nitrogens with one attached hydrogen (secondary N) is 1. The fraction of sp³-hybridized carbons (Fsp3) is 0.318. The molecule has 3 aromatic rings. The lowest BCUT2D eigenvalue weighted by atomic mass is 10.1. The van der Waals surface area contributed by atoms with Crippen LogP contribution in [0.5, 0.6) is 11.5 Å². The van der Waals surface area contributed by atoms with E-state index in [0.29, 0.717) is 24.2 Å². The van der Waals surface area contributed by atoms with Crippen molar-refractivity contribution in [1.29, 1.82) is 0 Å². The van der Waals surface area contributed by atoms with E-state index >= 15 is 0 Å². The van der Waals surface area contributed by atoms with Crippen LogP contribution in [0.25, 0.3) is 0 Å². The van der Waals surface area contributed by atoms with Gasteiger partial charge in [-0.05, 0) is 62.2 Å². The van der Waals surface area contributed by atoms with Crippen molar-refractivity contribution < 1.29 is 14.3 Å². The minimum absolute atomic E-state index is 0.111. The third-order valence-electron chi connectivity index (χ3n) is 4.41. The Balaban J connectivity index is 1.52. The van der Waals surface area contributed by atoms with E-state index in [0.717, 1.165) is 28.3 Å². The van der Waals surface area contributed by atoms with Crippen LogP contribution in [0.15, 0.2) is 47.6 Å². The molecule has 0 aliphatic carbocycles.